The van der Waals surface area contributed by atoms with Crippen LogP contribution < -0.4 is 5.32 Å². The Morgan fingerprint density at radius 3 is 2.74 bits per heavy atom. The molecule has 2 heterocycles. The van der Waals surface area contributed by atoms with Crippen LogP contribution in [0.15, 0.2) is 59.3 Å². The van der Waals surface area contributed by atoms with E-state index in [4.69, 9.17) is 16.1 Å². The molecule has 3 rings (SSSR count). The summed E-state index contributed by atoms with van der Waals surface area (Å²) in [4.78, 5) is 16.0. The second-order valence-electron chi connectivity index (χ2n) is 4.96. The first-order valence-electron chi connectivity index (χ1n) is 7.09. The van der Waals surface area contributed by atoms with Gasteiger partial charge in [0.2, 0.25) is 5.91 Å². The maximum Gasteiger partial charge on any atom is 0.226 e. The van der Waals surface area contributed by atoms with Gasteiger partial charge in [0.15, 0.2) is 5.76 Å². The normalized spacial score (nSPS) is 10.5. The number of rotatable bonds is 5. The van der Waals surface area contributed by atoms with Crippen LogP contribution in [0.1, 0.15) is 11.5 Å². The molecule has 0 radical (unpaired) electrons. The zero-order valence-corrected chi connectivity index (χ0v) is 13.0. The Balaban J connectivity index is 1.57. The van der Waals surface area contributed by atoms with E-state index in [1.54, 1.807) is 24.4 Å². The molecule has 1 amide bonds. The molecule has 116 valence electrons. The fourth-order valence-corrected chi connectivity index (χ4v) is 2.19. The highest BCUT2D eigenvalue weighted by Gasteiger charge is 2.09. The summed E-state index contributed by atoms with van der Waals surface area (Å²) in [7, 11) is 0. The molecule has 0 unspecified atom stereocenters. The van der Waals surface area contributed by atoms with Crippen LogP contribution in [-0.2, 0) is 17.8 Å². The van der Waals surface area contributed by atoms with Crippen LogP contribution in [0.2, 0.25) is 5.02 Å². The Bertz CT molecular complexity index is 785. The highest BCUT2D eigenvalue weighted by Crippen LogP contribution is 2.21. The number of carbonyl (C=O) groups is 1. The van der Waals surface area contributed by atoms with Gasteiger partial charge in [-0.3, -0.25) is 9.78 Å². The molecular weight excluding hydrogens is 314 g/mol. The number of carbonyl (C=O) groups excluding carboxylic acids is 1. The molecule has 3 aromatic rings. The quantitative estimate of drug-likeness (QED) is 0.781. The lowest BCUT2D eigenvalue weighted by atomic mass is 10.1. The molecule has 1 N–H and O–H groups in total. The van der Waals surface area contributed by atoms with Crippen LogP contribution in [-0.4, -0.2) is 16.0 Å². The molecule has 6 heteroatoms. The molecule has 5 nitrogen and oxygen atoms in total. The van der Waals surface area contributed by atoms with Crippen LogP contribution in [0.4, 0.5) is 0 Å². The number of aromatic nitrogens is 2. The number of hydrogen-bond acceptors (Lipinski definition) is 4. The maximum absolute atomic E-state index is 11.9. The van der Waals surface area contributed by atoms with E-state index in [1.807, 2.05) is 30.3 Å². The lowest BCUT2D eigenvalue weighted by molar-refractivity contribution is -0.120. The van der Waals surface area contributed by atoms with Crippen molar-refractivity contribution >= 4 is 17.5 Å². The summed E-state index contributed by atoms with van der Waals surface area (Å²) in [5, 5.41) is 7.45. The summed E-state index contributed by atoms with van der Waals surface area (Å²) in [6, 6.07) is 14.6. The third kappa shape index (κ3) is 4.17. The van der Waals surface area contributed by atoms with Gasteiger partial charge in [0.1, 0.15) is 5.69 Å². The van der Waals surface area contributed by atoms with Gasteiger partial charge in [-0.15, -0.1) is 0 Å². The first kappa shape index (κ1) is 15.2. The summed E-state index contributed by atoms with van der Waals surface area (Å²) >= 11 is 5.86. The minimum absolute atomic E-state index is 0.117. The summed E-state index contributed by atoms with van der Waals surface area (Å²) in [5.41, 5.74) is 2.34. The largest absolute Gasteiger partial charge is 0.359 e. The smallest absolute Gasteiger partial charge is 0.226 e. The first-order chi connectivity index (χ1) is 11.2. The number of pyridine rings is 1. The predicted octanol–water partition coefficient (Wildman–Crippen LogP) is 3.25. The van der Waals surface area contributed by atoms with Gasteiger partial charge >= 0.3 is 0 Å². The summed E-state index contributed by atoms with van der Waals surface area (Å²) < 4.78 is 5.24. The summed E-state index contributed by atoms with van der Waals surface area (Å²) in [6.07, 6.45) is 1.90. The molecule has 0 bridgehead atoms. The van der Waals surface area contributed by atoms with Crippen LogP contribution in [0.25, 0.3) is 11.3 Å². The Morgan fingerprint density at radius 2 is 2.00 bits per heavy atom. The minimum atomic E-state index is -0.117. The van der Waals surface area contributed by atoms with Crippen LogP contribution in [0.5, 0.6) is 0 Å². The third-order valence-corrected chi connectivity index (χ3v) is 3.48. The molecule has 0 aliphatic heterocycles. The topological polar surface area (TPSA) is 68.0 Å². The van der Waals surface area contributed by atoms with Gasteiger partial charge < -0.3 is 9.84 Å². The SMILES string of the molecule is O=C(Cc1ccccn1)NCc1cc(-c2ccc(Cl)cc2)no1. The molecule has 0 atom stereocenters. The molecule has 0 saturated heterocycles. The van der Waals surface area contributed by atoms with Crippen molar-refractivity contribution in [2.24, 2.45) is 0 Å². The number of nitrogens with one attached hydrogen (secondary N) is 1. The van der Waals surface area contributed by atoms with Crippen molar-refractivity contribution in [3.05, 3.63) is 71.2 Å². The fourth-order valence-electron chi connectivity index (χ4n) is 2.07. The Kier molecular flexibility index (Phi) is 4.68. The second-order valence-corrected chi connectivity index (χ2v) is 5.40. The average Bonchev–Trinajstić information content (AvgIpc) is 3.04. The average molecular weight is 328 g/mol. The molecule has 0 spiro atoms. The fraction of sp³-hybridized carbons (Fsp3) is 0.118. The Hall–Kier alpha value is -2.66. The van der Waals surface area contributed by atoms with Crippen molar-refractivity contribution in [1.82, 2.24) is 15.5 Å². The van der Waals surface area contributed by atoms with Gasteiger partial charge in [0.05, 0.1) is 13.0 Å². The molecule has 2 aromatic heterocycles. The van der Waals surface area contributed by atoms with Crippen LogP contribution in [0.3, 0.4) is 0 Å². The van der Waals surface area contributed by atoms with E-state index in [-0.39, 0.29) is 18.9 Å². The molecule has 0 fully saturated rings. The van der Waals surface area contributed by atoms with Crippen molar-refractivity contribution in [3.8, 4) is 11.3 Å². The maximum atomic E-state index is 11.9. The van der Waals surface area contributed by atoms with E-state index in [0.717, 1.165) is 11.3 Å². The molecule has 1 aromatic carbocycles. The molecule has 0 aliphatic rings. The third-order valence-electron chi connectivity index (χ3n) is 3.23. The van der Waals surface area contributed by atoms with Gasteiger partial charge in [-0.25, -0.2) is 0 Å². The van der Waals surface area contributed by atoms with Gasteiger partial charge in [0, 0.05) is 28.5 Å². The number of hydrogen-bond donors (Lipinski definition) is 1. The van der Waals surface area contributed by atoms with Crippen molar-refractivity contribution in [2.45, 2.75) is 13.0 Å². The van der Waals surface area contributed by atoms with Crippen LogP contribution >= 0.6 is 11.6 Å². The molecule has 0 aliphatic carbocycles. The highest BCUT2D eigenvalue weighted by atomic mass is 35.5. The predicted molar refractivity (Wildman–Crippen MR) is 86.7 cm³/mol. The number of nitrogens with zero attached hydrogens (tertiary/aromatic N) is 2. The molecule has 23 heavy (non-hydrogen) atoms. The Labute approximate surface area is 138 Å². The van der Waals surface area contributed by atoms with Crippen molar-refractivity contribution in [2.75, 3.05) is 0 Å². The standard InChI is InChI=1S/C17H14ClN3O2/c18-13-6-4-12(5-7-13)16-10-15(23-21-16)11-20-17(22)9-14-3-1-2-8-19-14/h1-8,10H,9,11H2,(H,20,22). The monoisotopic (exact) mass is 327 g/mol. The number of halogens is 1. The zero-order chi connectivity index (χ0) is 16.1. The van der Waals surface area contributed by atoms with E-state index >= 15 is 0 Å². The van der Waals surface area contributed by atoms with Gasteiger partial charge in [0.25, 0.3) is 0 Å². The summed E-state index contributed by atoms with van der Waals surface area (Å²) in [5.74, 6) is 0.470. The summed E-state index contributed by atoms with van der Waals surface area (Å²) in [6.45, 7) is 0.284. The van der Waals surface area contributed by atoms with Gasteiger partial charge in [-0.2, -0.15) is 0 Å². The van der Waals surface area contributed by atoms with E-state index in [0.29, 0.717) is 16.5 Å². The van der Waals surface area contributed by atoms with E-state index in [1.165, 1.54) is 0 Å². The number of amides is 1. The lowest BCUT2D eigenvalue weighted by Gasteiger charge is -2.01. The van der Waals surface area contributed by atoms with E-state index in [9.17, 15) is 4.79 Å². The van der Waals surface area contributed by atoms with Crippen molar-refractivity contribution < 1.29 is 9.32 Å². The zero-order valence-electron chi connectivity index (χ0n) is 12.2. The first-order valence-corrected chi connectivity index (χ1v) is 7.46. The van der Waals surface area contributed by atoms with Gasteiger partial charge in [-0.05, 0) is 24.3 Å². The highest BCUT2D eigenvalue weighted by molar-refractivity contribution is 6.30. The van der Waals surface area contributed by atoms with Crippen molar-refractivity contribution in [1.29, 1.82) is 0 Å². The van der Waals surface area contributed by atoms with E-state index in [2.05, 4.69) is 15.5 Å². The minimum Gasteiger partial charge on any atom is -0.359 e. The number of benzene rings is 1. The lowest BCUT2D eigenvalue weighted by Crippen LogP contribution is -2.24. The Morgan fingerprint density at radius 1 is 1.17 bits per heavy atom. The second kappa shape index (κ2) is 7.07. The van der Waals surface area contributed by atoms with Gasteiger partial charge in [-0.1, -0.05) is 35.0 Å². The van der Waals surface area contributed by atoms with E-state index < -0.39 is 0 Å². The molecule has 0 saturated carbocycles. The van der Waals surface area contributed by atoms with Crippen LogP contribution in [0, 0.1) is 0 Å². The van der Waals surface area contributed by atoms with Crippen molar-refractivity contribution in [3.63, 3.8) is 0 Å². The molecular formula is C17H14ClN3O2.